The van der Waals surface area contributed by atoms with Crippen molar-refractivity contribution < 1.29 is 4.39 Å². The first kappa shape index (κ1) is 20.1. The highest BCUT2D eigenvalue weighted by molar-refractivity contribution is 7.15. The molecule has 0 saturated heterocycles. The van der Waals surface area contributed by atoms with E-state index in [1.165, 1.54) is 28.0 Å². The zero-order chi connectivity index (χ0) is 23.1. The maximum atomic E-state index is 13.5. The number of thiazole rings is 1. The SMILES string of the molecule is O=c1c(=Cc2cn(-c3ccccc3)nc2-c2ccc(F)cc2)sc2nc(-c3ccncc3)nn12. The minimum absolute atomic E-state index is 0.259. The lowest BCUT2D eigenvalue weighted by Gasteiger charge is -2.00. The Balaban J connectivity index is 1.50. The van der Waals surface area contributed by atoms with E-state index < -0.39 is 0 Å². The number of aromatic nitrogens is 6. The highest BCUT2D eigenvalue weighted by Crippen LogP contribution is 2.25. The molecule has 0 aliphatic heterocycles. The summed E-state index contributed by atoms with van der Waals surface area (Å²) < 4.78 is 17.1. The molecule has 0 atom stereocenters. The average molecular weight is 467 g/mol. The van der Waals surface area contributed by atoms with Gasteiger partial charge in [0.2, 0.25) is 4.96 Å². The van der Waals surface area contributed by atoms with Gasteiger partial charge in [-0.2, -0.15) is 14.6 Å². The molecule has 0 spiro atoms. The zero-order valence-corrected chi connectivity index (χ0v) is 18.4. The number of benzene rings is 2. The Labute approximate surface area is 196 Å². The van der Waals surface area contributed by atoms with Gasteiger partial charge in [-0.15, -0.1) is 5.10 Å². The van der Waals surface area contributed by atoms with Gasteiger partial charge in [-0.3, -0.25) is 9.78 Å². The minimum atomic E-state index is -0.325. The van der Waals surface area contributed by atoms with Gasteiger partial charge in [0.1, 0.15) is 11.5 Å². The van der Waals surface area contributed by atoms with Crippen molar-refractivity contribution in [2.45, 2.75) is 0 Å². The predicted octanol–water partition coefficient (Wildman–Crippen LogP) is 3.75. The van der Waals surface area contributed by atoms with E-state index in [-0.39, 0.29) is 11.4 Å². The minimum Gasteiger partial charge on any atom is -0.266 e. The summed E-state index contributed by atoms with van der Waals surface area (Å²) in [5, 5.41) is 9.10. The largest absolute Gasteiger partial charge is 0.291 e. The molecule has 0 bridgehead atoms. The Morgan fingerprint density at radius 2 is 1.65 bits per heavy atom. The van der Waals surface area contributed by atoms with Crippen LogP contribution in [0.25, 0.3) is 39.4 Å². The molecule has 0 fully saturated rings. The molecule has 34 heavy (non-hydrogen) atoms. The van der Waals surface area contributed by atoms with Crippen molar-refractivity contribution in [2.75, 3.05) is 0 Å². The molecule has 9 heteroatoms. The van der Waals surface area contributed by atoms with Crippen molar-refractivity contribution in [1.29, 1.82) is 0 Å². The molecular weight excluding hydrogens is 451 g/mol. The van der Waals surface area contributed by atoms with Crippen molar-refractivity contribution in [3.8, 4) is 28.3 Å². The molecule has 4 aromatic heterocycles. The second kappa shape index (κ2) is 8.13. The van der Waals surface area contributed by atoms with Crippen molar-refractivity contribution in [3.05, 3.63) is 112 Å². The molecule has 0 saturated carbocycles. The van der Waals surface area contributed by atoms with Crippen molar-refractivity contribution in [1.82, 2.24) is 29.4 Å². The first-order valence-corrected chi connectivity index (χ1v) is 11.2. The average Bonchev–Trinajstić information content (AvgIpc) is 3.56. The molecule has 0 unspecified atom stereocenters. The molecule has 7 nitrogen and oxygen atoms in total. The summed E-state index contributed by atoms with van der Waals surface area (Å²) in [6, 6.07) is 19.4. The third kappa shape index (κ3) is 3.57. The second-order valence-electron chi connectivity index (χ2n) is 7.50. The summed E-state index contributed by atoms with van der Waals surface area (Å²) in [5.41, 5.74) is 3.52. The molecule has 6 aromatic rings. The van der Waals surface area contributed by atoms with E-state index in [0.717, 1.165) is 22.4 Å². The quantitative estimate of drug-likeness (QED) is 0.395. The second-order valence-corrected chi connectivity index (χ2v) is 8.51. The van der Waals surface area contributed by atoms with Crippen LogP contribution in [0.15, 0.2) is 90.1 Å². The van der Waals surface area contributed by atoms with Crippen LogP contribution in [-0.2, 0) is 0 Å². The van der Waals surface area contributed by atoms with Crippen LogP contribution in [0.5, 0.6) is 0 Å². The Morgan fingerprint density at radius 1 is 0.882 bits per heavy atom. The fraction of sp³-hybridized carbons (Fsp3) is 0. The number of hydrogen-bond acceptors (Lipinski definition) is 6. The first-order valence-electron chi connectivity index (χ1n) is 10.4. The molecule has 0 aliphatic carbocycles. The van der Waals surface area contributed by atoms with Gasteiger partial charge in [-0.1, -0.05) is 29.5 Å². The van der Waals surface area contributed by atoms with Gasteiger partial charge in [0, 0.05) is 35.3 Å². The third-order valence-electron chi connectivity index (χ3n) is 5.29. The van der Waals surface area contributed by atoms with Gasteiger partial charge < -0.3 is 0 Å². The summed E-state index contributed by atoms with van der Waals surface area (Å²) in [5.74, 6) is 0.148. The van der Waals surface area contributed by atoms with Crippen LogP contribution in [0.2, 0.25) is 0 Å². The van der Waals surface area contributed by atoms with Gasteiger partial charge in [-0.05, 0) is 54.6 Å². The number of halogens is 1. The summed E-state index contributed by atoms with van der Waals surface area (Å²) in [6.45, 7) is 0. The van der Waals surface area contributed by atoms with E-state index in [9.17, 15) is 9.18 Å². The Morgan fingerprint density at radius 3 is 2.38 bits per heavy atom. The van der Waals surface area contributed by atoms with Crippen LogP contribution in [0.1, 0.15) is 5.56 Å². The fourth-order valence-electron chi connectivity index (χ4n) is 3.64. The molecule has 2 aromatic carbocycles. The normalized spacial score (nSPS) is 12.0. The molecular formula is C25H15FN6OS. The molecule has 164 valence electrons. The standard InChI is InChI=1S/C25H15FN6OS/c26-19-8-6-16(7-9-19)22-18(15-31(29-22)20-4-2-1-3-5-20)14-21-24(33)32-25(34-21)28-23(30-32)17-10-12-27-13-11-17/h1-15H. The molecule has 0 amide bonds. The number of rotatable bonds is 4. The van der Waals surface area contributed by atoms with E-state index in [4.69, 9.17) is 5.10 Å². The number of pyridine rings is 1. The maximum Gasteiger partial charge on any atom is 0.291 e. The molecule has 0 aliphatic rings. The zero-order valence-electron chi connectivity index (χ0n) is 17.5. The van der Waals surface area contributed by atoms with Gasteiger partial charge in [0.05, 0.1) is 10.2 Å². The molecule has 0 radical (unpaired) electrons. The number of para-hydroxylation sites is 1. The van der Waals surface area contributed by atoms with Crippen LogP contribution in [-0.4, -0.2) is 29.4 Å². The van der Waals surface area contributed by atoms with E-state index in [0.29, 0.717) is 21.0 Å². The lowest BCUT2D eigenvalue weighted by atomic mass is 10.1. The Bertz CT molecular complexity index is 1720. The topological polar surface area (TPSA) is 78.0 Å². The Kier molecular flexibility index (Phi) is 4.81. The van der Waals surface area contributed by atoms with Gasteiger partial charge in [0.15, 0.2) is 5.82 Å². The van der Waals surface area contributed by atoms with Crippen molar-refractivity contribution >= 4 is 22.4 Å². The lowest BCUT2D eigenvalue weighted by Crippen LogP contribution is -2.23. The monoisotopic (exact) mass is 466 g/mol. The number of fused-ring (bicyclic) bond motifs is 1. The highest BCUT2D eigenvalue weighted by Gasteiger charge is 2.15. The molecule has 6 rings (SSSR count). The van der Waals surface area contributed by atoms with Gasteiger partial charge in [0.25, 0.3) is 5.56 Å². The summed E-state index contributed by atoms with van der Waals surface area (Å²) in [6.07, 6.45) is 6.94. The van der Waals surface area contributed by atoms with E-state index in [1.54, 1.807) is 47.4 Å². The van der Waals surface area contributed by atoms with E-state index in [2.05, 4.69) is 15.1 Å². The van der Waals surface area contributed by atoms with Crippen LogP contribution >= 0.6 is 11.3 Å². The van der Waals surface area contributed by atoms with Crippen LogP contribution < -0.4 is 10.1 Å². The fourth-order valence-corrected chi connectivity index (χ4v) is 4.53. The van der Waals surface area contributed by atoms with Gasteiger partial charge in [-0.25, -0.2) is 9.07 Å². The van der Waals surface area contributed by atoms with Crippen LogP contribution in [0.3, 0.4) is 0 Å². The van der Waals surface area contributed by atoms with E-state index in [1.807, 2.05) is 36.5 Å². The van der Waals surface area contributed by atoms with Crippen molar-refractivity contribution in [2.24, 2.45) is 0 Å². The third-order valence-corrected chi connectivity index (χ3v) is 6.25. The summed E-state index contributed by atoms with van der Waals surface area (Å²) in [4.78, 5) is 22.1. The lowest BCUT2D eigenvalue weighted by molar-refractivity contribution is 0.628. The predicted molar refractivity (Wildman–Crippen MR) is 128 cm³/mol. The molecule has 0 N–H and O–H groups in total. The number of hydrogen-bond donors (Lipinski definition) is 0. The van der Waals surface area contributed by atoms with Crippen LogP contribution in [0.4, 0.5) is 4.39 Å². The Hall–Kier alpha value is -4.50. The smallest absolute Gasteiger partial charge is 0.266 e. The van der Waals surface area contributed by atoms with E-state index >= 15 is 0 Å². The summed E-state index contributed by atoms with van der Waals surface area (Å²) >= 11 is 1.25. The first-order chi connectivity index (χ1) is 16.7. The van der Waals surface area contributed by atoms with Crippen LogP contribution in [0, 0.1) is 5.82 Å². The number of nitrogens with zero attached hydrogens (tertiary/aromatic N) is 6. The van der Waals surface area contributed by atoms with Gasteiger partial charge >= 0.3 is 0 Å². The van der Waals surface area contributed by atoms with Crippen molar-refractivity contribution in [3.63, 3.8) is 0 Å². The summed E-state index contributed by atoms with van der Waals surface area (Å²) in [7, 11) is 0. The maximum absolute atomic E-state index is 13.5. The molecule has 4 heterocycles. The highest BCUT2D eigenvalue weighted by atomic mass is 32.1.